The summed E-state index contributed by atoms with van der Waals surface area (Å²) in [5.41, 5.74) is -1.75. The first kappa shape index (κ1) is 10.7. The molecule has 0 aliphatic rings. The summed E-state index contributed by atoms with van der Waals surface area (Å²) in [6.45, 7) is 1.14. The van der Waals surface area contributed by atoms with Gasteiger partial charge in [-0.2, -0.15) is 0 Å². The highest BCUT2D eigenvalue weighted by molar-refractivity contribution is 5.74. The maximum Gasteiger partial charge on any atom is 0.341 e. The van der Waals surface area contributed by atoms with E-state index in [2.05, 4.69) is 0 Å². The molecule has 0 radical (unpaired) electrons. The van der Waals surface area contributed by atoms with Gasteiger partial charge in [-0.15, -0.1) is 0 Å². The molecule has 2 atom stereocenters. The van der Waals surface area contributed by atoms with Gasteiger partial charge in [-0.1, -0.05) is 30.3 Å². The van der Waals surface area contributed by atoms with E-state index in [0.29, 0.717) is 0 Å². The molecule has 3 nitrogen and oxygen atoms in total. The number of hydrogen-bond acceptors (Lipinski definition) is 2. The fourth-order valence-electron chi connectivity index (χ4n) is 1.16. The number of hydrogen-bond donors (Lipinski definition) is 2. The molecule has 1 aromatic carbocycles. The largest absolute Gasteiger partial charge is 0.479 e. The fraction of sp³-hybridized carbons (Fsp3) is 0.300. The Morgan fingerprint density at radius 2 is 1.93 bits per heavy atom. The van der Waals surface area contributed by atoms with E-state index in [1.165, 1.54) is 12.1 Å². The van der Waals surface area contributed by atoms with Gasteiger partial charge < -0.3 is 10.2 Å². The molecular weight excluding hydrogens is 187 g/mol. The van der Waals surface area contributed by atoms with Gasteiger partial charge in [-0.05, 0) is 12.5 Å². The third-order valence-corrected chi connectivity index (χ3v) is 2.07. The second-order valence-electron chi connectivity index (χ2n) is 3.21. The number of aliphatic carboxylic acids is 1. The Kier molecular flexibility index (Phi) is 2.86. The van der Waals surface area contributed by atoms with E-state index in [1.807, 2.05) is 0 Å². The predicted octanol–water partition coefficient (Wildman–Crippen LogP) is 1.32. The smallest absolute Gasteiger partial charge is 0.341 e. The third-order valence-electron chi connectivity index (χ3n) is 2.07. The summed E-state index contributed by atoms with van der Waals surface area (Å²) in [5.74, 6) is -1.67. The molecule has 0 unspecified atom stereocenters. The Hall–Kier alpha value is -1.42. The van der Waals surface area contributed by atoms with Crippen LogP contribution in [0.5, 0.6) is 0 Å². The average molecular weight is 198 g/mol. The second-order valence-corrected chi connectivity index (χ2v) is 3.21. The minimum Gasteiger partial charge on any atom is -0.479 e. The van der Waals surface area contributed by atoms with Crippen LogP contribution in [0.15, 0.2) is 30.3 Å². The lowest BCUT2D eigenvalue weighted by Gasteiger charge is -2.24. The highest BCUT2D eigenvalue weighted by Gasteiger charge is 2.39. The molecule has 0 bridgehead atoms. The summed E-state index contributed by atoms with van der Waals surface area (Å²) < 4.78 is 13.1. The molecule has 0 saturated heterocycles. The zero-order valence-electron chi connectivity index (χ0n) is 7.64. The Labute approximate surface area is 80.8 Å². The highest BCUT2D eigenvalue weighted by atomic mass is 19.1. The normalized spacial score (nSPS) is 17.1. The van der Waals surface area contributed by atoms with Crippen molar-refractivity contribution >= 4 is 5.97 Å². The fourth-order valence-corrected chi connectivity index (χ4v) is 1.16. The monoisotopic (exact) mass is 198 g/mol. The van der Waals surface area contributed by atoms with Crippen molar-refractivity contribution in [3.8, 4) is 0 Å². The topological polar surface area (TPSA) is 57.5 Å². The van der Waals surface area contributed by atoms with Crippen molar-refractivity contribution in [3.05, 3.63) is 35.9 Å². The van der Waals surface area contributed by atoms with Gasteiger partial charge in [0.1, 0.15) is 5.60 Å². The first-order chi connectivity index (χ1) is 6.46. The lowest BCUT2D eigenvalue weighted by atomic mass is 9.91. The third kappa shape index (κ3) is 1.90. The summed E-state index contributed by atoms with van der Waals surface area (Å²) in [6.07, 6.45) is -2.33. The van der Waals surface area contributed by atoms with E-state index in [9.17, 15) is 14.3 Å². The van der Waals surface area contributed by atoms with Crippen LogP contribution < -0.4 is 0 Å². The second kappa shape index (κ2) is 3.75. The van der Waals surface area contributed by atoms with Crippen LogP contribution in [0, 0.1) is 0 Å². The van der Waals surface area contributed by atoms with Crippen LogP contribution in [-0.2, 0) is 10.4 Å². The van der Waals surface area contributed by atoms with E-state index in [0.717, 1.165) is 6.92 Å². The molecule has 0 amide bonds. The van der Waals surface area contributed by atoms with Crippen molar-refractivity contribution in [3.63, 3.8) is 0 Å². The van der Waals surface area contributed by atoms with Crippen molar-refractivity contribution in [1.29, 1.82) is 0 Å². The van der Waals surface area contributed by atoms with Gasteiger partial charge in [0.2, 0.25) is 6.17 Å². The molecule has 0 aromatic heterocycles. The number of aliphatic hydroxyl groups is 1. The Bertz CT molecular complexity index is 321. The van der Waals surface area contributed by atoms with Gasteiger partial charge >= 0.3 is 5.97 Å². The molecule has 76 valence electrons. The van der Waals surface area contributed by atoms with Crippen molar-refractivity contribution < 1.29 is 19.4 Å². The summed E-state index contributed by atoms with van der Waals surface area (Å²) in [6, 6.07) is 7.88. The quantitative estimate of drug-likeness (QED) is 0.770. The van der Waals surface area contributed by atoms with E-state index in [4.69, 9.17) is 5.11 Å². The molecule has 2 N–H and O–H groups in total. The van der Waals surface area contributed by atoms with E-state index >= 15 is 0 Å². The molecule has 14 heavy (non-hydrogen) atoms. The van der Waals surface area contributed by atoms with Gasteiger partial charge in [0.15, 0.2) is 0 Å². The highest BCUT2D eigenvalue weighted by Crippen LogP contribution is 2.26. The predicted molar refractivity (Wildman–Crippen MR) is 48.5 cm³/mol. The van der Waals surface area contributed by atoms with Crippen LogP contribution in [-0.4, -0.2) is 22.4 Å². The molecule has 0 aliphatic heterocycles. The molecule has 0 fully saturated rings. The molecule has 0 spiro atoms. The van der Waals surface area contributed by atoms with Crippen LogP contribution in [0.4, 0.5) is 4.39 Å². The molecular formula is C10H11FO3. The van der Waals surface area contributed by atoms with Crippen molar-refractivity contribution in [2.75, 3.05) is 0 Å². The zero-order valence-corrected chi connectivity index (χ0v) is 7.64. The van der Waals surface area contributed by atoms with Crippen LogP contribution in [0.25, 0.3) is 0 Å². The SMILES string of the molecule is C[C@](O)(c1ccccc1)[C@H](F)C(=O)O. The molecule has 0 heterocycles. The minimum atomic E-state index is -2.33. The van der Waals surface area contributed by atoms with Crippen LogP contribution in [0.3, 0.4) is 0 Å². The molecule has 4 heteroatoms. The number of halogens is 1. The maximum absolute atomic E-state index is 13.1. The van der Waals surface area contributed by atoms with E-state index in [-0.39, 0.29) is 5.56 Å². The van der Waals surface area contributed by atoms with E-state index < -0.39 is 17.7 Å². The summed E-state index contributed by atoms with van der Waals surface area (Å²) in [5, 5.41) is 18.1. The van der Waals surface area contributed by atoms with Gasteiger partial charge in [-0.25, -0.2) is 9.18 Å². The minimum absolute atomic E-state index is 0.245. The van der Waals surface area contributed by atoms with Gasteiger partial charge in [0, 0.05) is 0 Å². The molecule has 1 rings (SSSR count). The molecule has 0 aliphatic carbocycles. The van der Waals surface area contributed by atoms with Crippen molar-refractivity contribution in [2.24, 2.45) is 0 Å². The Morgan fingerprint density at radius 1 is 1.43 bits per heavy atom. The standard InChI is InChI=1S/C10H11FO3/c1-10(14,8(11)9(12)13)7-5-3-2-4-6-7/h2-6,8,14H,1H3,(H,12,13)/t8-,10+/m1/s1. The number of carbonyl (C=O) groups is 1. The van der Waals surface area contributed by atoms with E-state index in [1.54, 1.807) is 18.2 Å². The number of benzene rings is 1. The zero-order chi connectivity index (χ0) is 10.8. The number of carboxylic acids is 1. The lowest BCUT2D eigenvalue weighted by Crippen LogP contribution is -2.39. The lowest BCUT2D eigenvalue weighted by molar-refractivity contribution is -0.153. The average Bonchev–Trinajstić information content (AvgIpc) is 2.18. The van der Waals surface area contributed by atoms with Crippen molar-refractivity contribution in [2.45, 2.75) is 18.7 Å². The summed E-state index contributed by atoms with van der Waals surface area (Å²) >= 11 is 0. The summed E-state index contributed by atoms with van der Waals surface area (Å²) in [4.78, 5) is 10.4. The van der Waals surface area contributed by atoms with Crippen LogP contribution in [0.2, 0.25) is 0 Å². The number of rotatable bonds is 3. The van der Waals surface area contributed by atoms with Gasteiger partial charge in [0.25, 0.3) is 0 Å². The van der Waals surface area contributed by atoms with Crippen LogP contribution >= 0.6 is 0 Å². The molecule has 1 aromatic rings. The van der Waals surface area contributed by atoms with Gasteiger partial charge in [0.05, 0.1) is 0 Å². The van der Waals surface area contributed by atoms with Crippen LogP contribution in [0.1, 0.15) is 12.5 Å². The Balaban J connectivity index is 3.02. The first-order valence-electron chi connectivity index (χ1n) is 4.11. The molecule has 0 saturated carbocycles. The first-order valence-corrected chi connectivity index (χ1v) is 4.11. The van der Waals surface area contributed by atoms with Gasteiger partial charge in [-0.3, -0.25) is 0 Å². The maximum atomic E-state index is 13.1. The van der Waals surface area contributed by atoms with Crippen molar-refractivity contribution in [1.82, 2.24) is 0 Å². The summed E-state index contributed by atoms with van der Waals surface area (Å²) in [7, 11) is 0. The number of alkyl halides is 1. The Morgan fingerprint density at radius 3 is 2.36 bits per heavy atom. The number of carboxylic acid groups (broad SMARTS) is 1.